The average Bonchev–Trinajstić information content (AvgIpc) is 3.37. The summed E-state index contributed by atoms with van der Waals surface area (Å²) < 4.78 is 16.1. The molecule has 4 aliphatic carbocycles. The van der Waals surface area contributed by atoms with Crippen molar-refractivity contribution in [1.29, 1.82) is 0 Å². The highest BCUT2D eigenvalue weighted by Gasteiger charge is 2.59. The number of amides is 1. The lowest BCUT2D eigenvalue weighted by Crippen LogP contribution is -2.51. The van der Waals surface area contributed by atoms with Crippen molar-refractivity contribution >= 4 is 12.2 Å². The molecular formula is C38H57NO6. The standard InChI is InChI=1S/C38H57NO6/c1-25(2)10-9-11-26(3)32-16-17-33-31-15-14-27-22-30(18-20-37(27,4)34(31)19-21-38(32,33)5)44-35(41)39-28(23-40)24-43-36(42)45-29-12-7-6-8-13-29/h6-8,12-14,25-26,28,30-34,40H,9-11,15-24H2,1-5H3,(H,39,41)/t26-,28?,30+,31?,32-,33?,34?,37+,38-/m1/s1. The van der Waals surface area contributed by atoms with E-state index in [0.29, 0.717) is 17.1 Å². The number of rotatable bonds is 11. The van der Waals surface area contributed by atoms with Gasteiger partial charge in [0.1, 0.15) is 18.5 Å². The number of benzene rings is 1. The molecule has 9 atom stereocenters. The molecule has 250 valence electrons. The number of para-hydroxylation sites is 1. The first-order valence-corrected chi connectivity index (χ1v) is 17.7. The van der Waals surface area contributed by atoms with E-state index < -0.39 is 18.3 Å². The Kier molecular flexibility index (Phi) is 10.9. The van der Waals surface area contributed by atoms with Crippen molar-refractivity contribution in [3.8, 4) is 5.75 Å². The van der Waals surface area contributed by atoms with E-state index in [1.165, 1.54) is 50.5 Å². The summed E-state index contributed by atoms with van der Waals surface area (Å²) >= 11 is 0. The molecule has 3 saturated carbocycles. The van der Waals surface area contributed by atoms with Crippen LogP contribution in [0.25, 0.3) is 0 Å². The van der Waals surface area contributed by atoms with Gasteiger partial charge >= 0.3 is 12.2 Å². The van der Waals surface area contributed by atoms with Gasteiger partial charge in [-0.2, -0.15) is 0 Å². The molecule has 0 spiro atoms. The molecule has 2 N–H and O–H groups in total. The van der Waals surface area contributed by atoms with Gasteiger partial charge in [-0.1, -0.05) is 83.7 Å². The Balaban J connectivity index is 1.12. The molecule has 1 aromatic carbocycles. The van der Waals surface area contributed by atoms with Crippen LogP contribution in [0.4, 0.5) is 9.59 Å². The highest BCUT2D eigenvalue weighted by Crippen LogP contribution is 2.67. The lowest BCUT2D eigenvalue weighted by Gasteiger charge is -2.58. The van der Waals surface area contributed by atoms with Crippen LogP contribution in [0.2, 0.25) is 0 Å². The summed E-state index contributed by atoms with van der Waals surface area (Å²) in [6, 6.07) is 7.81. The molecule has 7 heteroatoms. The van der Waals surface area contributed by atoms with Gasteiger partial charge in [0.15, 0.2) is 0 Å². The van der Waals surface area contributed by atoms with E-state index in [-0.39, 0.29) is 24.7 Å². The zero-order valence-corrected chi connectivity index (χ0v) is 28.3. The lowest BCUT2D eigenvalue weighted by atomic mass is 9.47. The summed E-state index contributed by atoms with van der Waals surface area (Å²) in [7, 11) is 0. The predicted octanol–water partition coefficient (Wildman–Crippen LogP) is 8.70. The van der Waals surface area contributed by atoms with Gasteiger partial charge in [-0.05, 0) is 103 Å². The Hall–Kier alpha value is -2.54. The lowest BCUT2D eigenvalue weighted by molar-refractivity contribution is -0.0583. The Morgan fingerprint density at radius 3 is 2.51 bits per heavy atom. The molecule has 5 rings (SSSR count). The molecule has 1 amide bonds. The number of allylic oxidation sites excluding steroid dienone is 1. The van der Waals surface area contributed by atoms with Crippen LogP contribution in [0.15, 0.2) is 42.0 Å². The first-order chi connectivity index (χ1) is 21.5. The van der Waals surface area contributed by atoms with Crippen LogP contribution in [0.3, 0.4) is 0 Å². The highest BCUT2D eigenvalue weighted by atomic mass is 16.7. The van der Waals surface area contributed by atoms with E-state index in [1.54, 1.807) is 24.3 Å². The molecule has 0 heterocycles. The van der Waals surface area contributed by atoms with E-state index in [0.717, 1.165) is 55.3 Å². The van der Waals surface area contributed by atoms with Gasteiger partial charge < -0.3 is 24.6 Å². The fraction of sp³-hybridized carbons (Fsp3) is 0.737. The summed E-state index contributed by atoms with van der Waals surface area (Å²) in [6.07, 6.45) is 14.2. The zero-order valence-electron chi connectivity index (χ0n) is 28.3. The summed E-state index contributed by atoms with van der Waals surface area (Å²) in [5.74, 6) is 5.15. The van der Waals surface area contributed by atoms with Crippen molar-refractivity contribution in [3.05, 3.63) is 42.0 Å². The number of ether oxygens (including phenoxy) is 3. The van der Waals surface area contributed by atoms with Gasteiger partial charge in [0.25, 0.3) is 0 Å². The number of aliphatic hydroxyl groups excluding tert-OH is 1. The SMILES string of the molecule is CC(C)CCC[C@@H](C)[C@H]1CCC2C3CC=C4C[C@@H](OC(=O)NC(CO)COC(=O)Oc5ccccc5)CC[C@]4(C)C3CC[C@@]21C. The van der Waals surface area contributed by atoms with Crippen molar-refractivity contribution in [1.82, 2.24) is 5.32 Å². The van der Waals surface area contributed by atoms with Crippen LogP contribution in [0.1, 0.15) is 105 Å². The normalized spacial score (nSPS) is 33.6. The van der Waals surface area contributed by atoms with E-state index in [4.69, 9.17) is 14.2 Å². The number of aliphatic hydroxyl groups is 1. The Bertz CT molecular complexity index is 1180. The van der Waals surface area contributed by atoms with Gasteiger partial charge in [-0.3, -0.25) is 0 Å². The number of carbonyl (C=O) groups excluding carboxylic acids is 2. The van der Waals surface area contributed by atoms with Crippen LogP contribution in [0.5, 0.6) is 5.75 Å². The molecule has 1 aromatic rings. The number of fused-ring (bicyclic) bond motifs is 5. The monoisotopic (exact) mass is 623 g/mol. The molecule has 0 radical (unpaired) electrons. The third-order valence-electron chi connectivity index (χ3n) is 12.4. The molecule has 3 fully saturated rings. The minimum atomic E-state index is -0.892. The van der Waals surface area contributed by atoms with Gasteiger partial charge in [0.2, 0.25) is 0 Å². The second-order valence-corrected chi connectivity index (χ2v) is 15.6. The van der Waals surface area contributed by atoms with E-state index in [2.05, 4.69) is 46.0 Å². The molecule has 0 aromatic heterocycles. The molecule has 4 unspecified atom stereocenters. The minimum Gasteiger partial charge on any atom is -0.446 e. The molecule has 0 saturated heterocycles. The number of nitrogens with one attached hydrogen (secondary N) is 1. The smallest absolute Gasteiger partial charge is 0.446 e. The summed E-state index contributed by atoms with van der Waals surface area (Å²) in [6.45, 7) is 11.8. The first kappa shape index (κ1) is 33.8. The van der Waals surface area contributed by atoms with Crippen molar-refractivity contribution in [3.63, 3.8) is 0 Å². The van der Waals surface area contributed by atoms with Gasteiger partial charge in [0.05, 0.1) is 12.6 Å². The molecule has 4 aliphatic rings. The van der Waals surface area contributed by atoms with Crippen molar-refractivity contribution in [2.45, 2.75) is 117 Å². The van der Waals surface area contributed by atoms with Crippen molar-refractivity contribution in [2.24, 2.45) is 46.3 Å². The third kappa shape index (κ3) is 7.55. The first-order valence-electron chi connectivity index (χ1n) is 17.7. The molecule has 7 nitrogen and oxygen atoms in total. The van der Waals surface area contributed by atoms with Crippen molar-refractivity contribution in [2.75, 3.05) is 13.2 Å². The molecule has 0 bridgehead atoms. The molecule has 0 aliphatic heterocycles. The quantitative estimate of drug-likeness (QED) is 0.145. The van der Waals surface area contributed by atoms with Gasteiger partial charge in [-0.25, -0.2) is 9.59 Å². The van der Waals surface area contributed by atoms with Crippen LogP contribution in [-0.2, 0) is 9.47 Å². The maximum Gasteiger partial charge on any atom is 0.513 e. The van der Waals surface area contributed by atoms with Crippen LogP contribution in [-0.4, -0.2) is 42.7 Å². The number of carbonyl (C=O) groups is 2. The number of hydrogen-bond donors (Lipinski definition) is 2. The topological polar surface area (TPSA) is 94.1 Å². The zero-order chi connectivity index (χ0) is 32.2. The minimum absolute atomic E-state index is 0.183. The average molecular weight is 624 g/mol. The largest absolute Gasteiger partial charge is 0.513 e. The highest BCUT2D eigenvalue weighted by molar-refractivity contribution is 5.68. The second-order valence-electron chi connectivity index (χ2n) is 15.6. The Labute approximate surface area is 270 Å². The Morgan fingerprint density at radius 1 is 1.00 bits per heavy atom. The maximum atomic E-state index is 12.8. The Morgan fingerprint density at radius 2 is 1.78 bits per heavy atom. The molecular weight excluding hydrogens is 566 g/mol. The van der Waals surface area contributed by atoms with E-state index in [9.17, 15) is 14.7 Å². The van der Waals surface area contributed by atoms with Gasteiger partial charge in [0, 0.05) is 6.42 Å². The predicted molar refractivity (Wildman–Crippen MR) is 176 cm³/mol. The van der Waals surface area contributed by atoms with Crippen molar-refractivity contribution < 1.29 is 28.9 Å². The third-order valence-corrected chi connectivity index (χ3v) is 12.4. The van der Waals surface area contributed by atoms with Crippen LogP contribution < -0.4 is 10.1 Å². The number of alkyl carbamates (subject to hydrolysis) is 1. The fourth-order valence-electron chi connectivity index (χ4n) is 10.0. The van der Waals surface area contributed by atoms with Crippen LogP contribution >= 0.6 is 0 Å². The van der Waals surface area contributed by atoms with Gasteiger partial charge in [-0.15, -0.1) is 0 Å². The maximum absolute atomic E-state index is 12.8. The van der Waals surface area contributed by atoms with Crippen LogP contribution in [0, 0.1) is 46.3 Å². The second kappa shape index (κ2) is 14.5. The fourth-order valence-corrected chi connectivity index (χ4v) is 10.0. The summed E-state index contributed by atoms with van der Waals surface area (Å²) in [5.41, 5.74) is 2.13. The molecule has 45 heavy (non-hydrogen) atoms. The summed E-state index contributed by atoms with van der Waals surface area (Å²) in [5, 5.41) is 12.4. The van der Waals surface area contributed by atoms with E-state index >= 15 is 0 Å². The van der Waals surface area contributed by atoms with E-state index in [1.807, 2.05) is 6.07 Å². The summed E-state index contributed by atoms with van der Waals surface area (Å²) in [4.78, 5) is 24.8. The number of hydrogen-bond acceptors (Lipinski definition) is 6.